The molecule has 26 heavy (non-hydrogen) atoms. The number of benzene rings is 1. The number of aryl methyl sites for hydroxylation is 1. The Morgan fingerprint density at radius 1 is 1.19 bits per heavy atom. The fraction of sp³-hybridized carbons (Fsp3) is 0.368. The number of amides is 1. The number of aromatic nitrogens is 1. The quantitative estimate of drug-likeness (QED) is 0.816. The van der Waals surface area contributed by atoms with Crippen LogP contribution < -0.4 is 15.1 Å². The molecule has 0 bridgehead atoms. The van der Waals surface area contributed by atoms with Crippen molar-refractivity contribution in [2.45, 2.75) is 12.7 Å². The van der Waals surface area contributed by atoms with Crippen LogP contribution in [-0.2, 0) is 11.2 Å². The second-order valence-electron chi connectivity index (χ2n) is 6.76. The second-order valence-corrected chi connectivity index (χ2v) is 6.76. The Kier molecular flexibility index (Phi) is 4.80. The van der Waals surface area contributed by atoms with Crippen molar-refractivity contribution >= 4 is 24.1 Å². The second kappa shape index (κ2) is 7.37. The summed E-state index contributed by atoms with van der Waals surface area (Å²) in [6, 6.07) is 11.5. The summed E-state index contributed by atoms with van der Waals surface area (Å²) in [5.74, 6) is 1.65. The molecule has 4 rings (SSSR count). The lowest BCUT2D eigenvalue weighted by Crippen LogP contribution is -2.50. The molecule has 2 aliphatic heterocycles. The summed E-state index contributed by atoms with van der Waals surface area (Å²) in [7, 11) is 0. The molecule has 0 saturated carbocycles. The Bertz CT molecular complexity index is 779. The van der Waals surface area contributed by atoms with Crippen LogP contribution in [0.3, 0.4) is 0 Å². The number of hydrogen-bond acceptors (Lipinski definition) is 5. The maximum Gasteiger partial charge on any atom is 0.324 e. The van der Waals surface area contributed by atoms with E-state index < -0.39 is 0 Å². The SMILES string of the molecule is O=C(COc1ccc2c(c1)CCB2O)N1CCN(c2ccccn2)CC1. The van der Waals surface area contributed by atoms with Gasteiger partial charge in [-0.1, -0.05) is 12.1 Å². The van der Waals surface area contributed by atoms with E-state index in [-0.39, 0.29) is 19.4 Å². The van der Waals surface area contributed by atoms with Gasteiger partial charge in [0.1, 0.15) is 11.6 Å². The third-order valence-corrected chi connectivity index (χ3v) is 5.13. The average Bonchev–Trinajstić information content (AvgIpc) is 3.07. The highest BCUT2D eigenvalue weighted by atomic mass is 16.5. The molecule has 1 amide bonds. The number of piperazine rings is 1. The van der Waals surface area contributed by atoms with E-state index in [0.29, 0.717) is 18.8 Å². The van der Waals surface area contributed by atoms with Gasteiger partial charge in [-0.2, -0.15) is 0 Å². The van der Waals surface area contributed by atoms with Gasteiger partial charge < -0.3 is 19.6 Å². The van der Waals surface area contributed by atoms with E-state index in [1.165, 1.54) is 0 Å². The Morgan fingerprint density at radius 2 is 2.04 bits per heavy atom. The van der Waals surface area contributed by atoms with Gasteiger partial charge in [-0.15, -0.1) is 0 Å². The van der Waals surface area contributed by atoms with Gasteiger partial charge in [-0.05, 0) is 48.0 Å². The maximum atomic E-state index is 12.4. The lowest BCUT2D eigenvalue weighted by atomic mass is 9.63. The summed E-state index contributed by atoms with van der Waals surface area (Å²) in [4.78, 5) is 20.8. The molecule has 2 aliphatic rings. The summed E-state index contributed by atoms with van der Waals surface area (Å²) in [6.07, 6.45) is 3.41. The summed E-state index contributed by atoms with van der Waals surface area (Å²) in [6.45, 7) is 2.59. The monoisotopic (exact) mass is 351 g/mol. The van der Waals surface area contributed by atoms with Gasteiger partial charge in [0.15, 0.2) is 6.61 Å². The zero-order valence-corrected chi connectivity index (χ0v) is 14.7. The van der Waals surface area contributed by atoms with Crippen molar-refractivity contribution < 1.29 is 14.6 Å². The zero-order valence-electron chi connectivity index (χ0n) is 14.7. The Balaban J connectivity index is 1.28. The number of anilines is 1. The molecule has 0 spiro atoms. The molecule has 1 aromatic carbocycles. The van der Waals surface area contributed by atoms with Crippen molar-refractivity contribution in [1.82, 2.24) is 9.88 Å². The summed E-state index contributed by atoms with van der Waals surface area (Å²) in [5, 5.41) is 9.85. The van der Waals surface area contributed by atoms with E-state index in [0.717, 1.165) is 42.7 Å². The number of carbonyl (C=O) groups is 1. The Morgan fingerprint density at radius 3 is 2.81 bits per heavy atom. The van der Waals surface area contributed by atoms with Crippen LogP contribution in [0.4, 0.5) is 5.82 Å². The van der Waals surface area contributed by atoms with Crippen LogP contribution in [-0.4, -0.2) is 60.5 Å². The van der Waals surface area contributed by atoms with Gasteiger partial charge in [0, 0.05) is 32.4 Å². The van der Waals surface area contributed by atoms with E-state index in [4.69, 9.17) is 4.74 Å². The highest BCUT2D eigenvalue weighted by molar-refractivity contribution is 6.68. The van der Waals surface area contributed by atoms with Gasteiger partial charge in [-0.25, -0.2) is 4.98 Å². The molecular weight excluding hydrogens is 329 g/mol. The topological polar surface area (TPSA) is 65.9 Å². The molecule has 3 heterocycles. The smallest absolute Gasteiger partial charge is 0.324 e. The van der Waals surface area contributed by atoms with E-state index in [9.17, 15) is 9.82 Å². The van der Waals surface area contributed by atoms with E-state index in [1.807, 2.05) is 41.3 Å². The highest BCUT2D eigenvalue weighted by Gasteiger charge is 2.25. The van der Waals surface area contributed by atoms with Crippen molar-refractivity contribution in [1.29, 1.82) is 0 Å². The molecule has 1 N–H and O–H groups in total. The molecular formula is C19H22BN3O3. The molecule has 0 atom stereocenters. The fourth-order valence-electron chi connectivity index (χ4n) is 3.62. The van der Waals surface area contributed by atoms with Crippen LogP contribution in [0, 0.1) is 0 Å². The third kappa shape index (κ3) is 3.53. The minimum absolute atomic E-state index is 0.00574. The molecule has 2 aromatic rings. The third-order valence-electron chi connectivity index (χ3n) is 5.13. The van der Waals surface area contributed by atoms with Crippen LogP contribution in [0.2, 0.25) is 6.32 Å². The largest absolute Gasteiger partial charge is 0.484 e. The fourth-order valence-corrected chi connectivity index (χ4v) is 3.62. The standard InChI is InChI=1S/C19H22BN3O3/c24-19(14-26-16-4-5-17-15(13-16)6-7-20(17)25)23-11-9-22(10-12-23)18-3-1-2-8-21-18/h1-5,8,13,25H,6-7,9-12,14H2. The minimum Gasteiger partial charge on any atom is -0.484 e. The molecule has 0 aliphatic carbocycles. The molecule has 6 nitrogen and oxygen atoms in total. The van der Waals surface area contributed by atoms with Crippen LogP contribution in [0.5, 0.6) is 5.75 Å². The first kappa shape index (κ1) is 16.9. The average molecular weight is 351 g/mol. The maximum absolute atomic E-state index is 12.4. The molecule has 0 radical (unpaired) electrons. The number of ether oxygens (including phenoxy) is 1. The first-order chi connectivity index (χ1) is 12.7. The van der Waals surface area contributed by atoms with Gasteiger partial charge in [0.05, 0.1) is 0 Å². The van der Waals surface area contributed by atoms with Crippen molar-refractivity contribution in [2.75, 3.05) is 37.7 Å². The molecule has 0 unspecified atom stereocenters. The van der Waals surface area contributed by atoms with Crippen molar-refractivity contribution in [3.05, 3.63) is 48.2 Å². The lowest BCUT2D eigenvalue weighted by molar-refractivity contribution is -0.133. The van der Waals surface area contributed by atoms with Gasteiger partial charge in [-0.3, -0.25) is 4.79 Å². The zero-order chi connectivity index (χ0) is 17.9. The number of nitrogens with zero attached hydrogens (tertiary/aromatic N) is 3. The van der Waals surface area contributed by atoms with Crippen LogP contribution in [0.15, 0.2) is 42.6 Å². The summed E-state index contributed by atoms with van der Waals surface area (Å²) < 4.78 is 5.69. The van der Waals surface area contributed by atoms with Crippen molar-refractivity contribution in [2.24, 2.45) is 0 Å². The number of carbonyl (C=O) groups excluding carboxylic acids is 1. The molecule has 1 aromatic heterocycles. The van der Waals surface area contributed by atoms with Crippen molar-refractivity contribution in [3.8, 4) is 5.75 Å². The van der Waals surface area contributed by atoms with Gasteiger partial charge >= 0.3 is 6.92 Å². The minimum atomic E-state index is -0.365. The molecule has 7 heteroatoms. The van der Waals surface area contributed by atoms with Crippen molar-refractivity contribution in [3.63, 3.8) is 0 Å². The Labute approximate surface area is 153 Å². The Hall–Kier alpha value is -2.54. The van der Waals surface area contributed by atoms with E-state index in [2.05, 4.69) is 9.88 Å². The highest BCUT2D eigenvalue weighted by Crippen LogP contribution is 2.19. The van der Waals surface area contributed by atoms with Gasteiger partial charge in [0.25, 0.3) is 5.91 Å². The predicted molar refractivity (Wildman–Crippen MR) is 101 cm³/mol. The van der Waals surface area contributed by atoms with E-state index in [1.54, 1.807) is 6.20 Å². The summed E-state index contributed by atoms with van der Waals surface area (Å²) >= 11 is 0. The number of hydrogen-bond donors (Lipinski definition) is 1. The normalized spacial score (nSPS) is 16.6. The van der Waals surface area contributed by atoms with E-state index >= 15 is 0 Å². The van der Waals surface area contributed by atoms with Crippen LogP contribution in [0.1, 0.15) is 5.56 Å². The first-order valence-electron chi connectivity index (χ1n) is 9.08. The lowest BCUT2D eigenvalue weighted by Gasteiger charge is -2.35. The molecule has 1 saturated heterocycles. The van der Waals surface area contributed by atoms with Crippen LogP contribution >= 0.6 is 0 Å². The number of rotatable bonds is 4. The summed E-state index contributed by atoms with van der Waals surface area (Å²) in [5.41, 5.74) is 2.10. The first-order valence-corrected chi connectivity index (χ1v) is 9.08. The molecule has 1 fully saturated rings. The predicted octanol–water partition coefficient (Wildman–Crippen LogP) is 0.556. The van der Waals surface area contributed by atoms with Gasteiger partial charge in [0.2, 0.25) is 0 Å². The van der Waals surface area contributed by atoms with Crippen LogP contribution in [0.25, 0.3) is 0 Å². The number of pyridine rings is 1. The number of fused-ring (bicyclic) bond motifs is 1. The molecule has 134 valence electrons.